The normalized spacial score (nSPS) is 14.8. The smallest absolute Gasteiger partial charge is 0.231 e. The molecular formula is C21H19NO3S. The fraction of sp³-hybridized carbons (Fsp3) is 0.143. The molecule has 132 valence electrons. The minimum atomic E-state index is -1.34. The first-order chi connectivity index (χ1) is 12.7. The van der Waals surface area contributed by atoms with E-state index in [4.69, 9.17) is 9.47 Å². The van der Waals surface area contributed by atoms with Crippen LogP contribution in [-0.2, 0) is 11.0 Å². The van der Waals surface area contributed by atoms with Crippen LogP contribution in [-0.4, -0.2) is 11.0 Å². The van der Waals surface area contributed by atoms with Crippen molar-refractivity contribution in [2.45, 2.75) is 17.9 Å². The minimum absolute atomic E-state index is 0.229. The van der Waals surface area contributed by atoms with Gasteiger partial charge in [-0.25, -0.2) is 8.93 Å². The molecule has 0 bridgehead atoms. The van der Waals surface area contributed by atoms with E-state index >= 15 is 0 Å². The molecule has 0 saturated heterocycles. The maximum atomic E-state index is 12.9. The summed E-state index contributed by atoms with van der Waals surface area (Å²) < 4.78 is 27.0. The molecule has 0 aliphatic carbocycles. The Kier molecular flexibility index (Phi) is 4.73. The van der Waals surface area contributed by atoms with E-state index in [1.807, 2.05) is 79.7 Å². The summed E-state index contributed by atoms with van der Waals surface area (Å²) in [6.45, 7) is 2.25. The molecule has 1 unspecified atom stereocenters. The second-order valence-corrected chi connectivity index (χ2v) is 7.40. The second kappa shape index (κ2) is 7.32. The minimum Gasteiger partial charge on any atom is -0.454 e. The fourth-order valence-corrected chi connectivity index (χ4v) is 3.91. The lowest BCUT2D eigenvalue weighted by molar-refractivity contribution is 0.174. The molecule has 2 atom stereocenters. The van der Waals surface area contributed by atoms with E-state index in [2.05, 4.69) is 4.72 Å². The average Bonchev–Trinajstić information content (AvgIpc) is 3.15. The van der Waals surface area contributed by atoms with Crippen molar-refractivity contribution in [1.29, 1.82) is 0 Å². The molecule has 1 N–H and O–H groups in total. The fourth-order valence-electron chi connectivity index (χ4n) is 2.90. The first-order valence-corrected chi connectivity index (χ1v) is 9.55. The van der Waals surface area contributed by atoms with Crippen LogP contribution in [0, 0.1) is 6.92 Å². The summed E-state index contributed by atoms with van der Waals surface area (Å²) in [5.41, 5.74) is 3.15. The Morgan fingerprint density at radius 2 is 1.62 bits per heavy atom. The summed E-state index contributed by atoms with van der Waals surface area (Å²) in [5, 5.41) is 0. The van der Waals surface area contributed by atoms with Crippen LogP contribution in [0.15, 0.2) is 77.7 Å². The Morgan fingerprint density at radius 1 is 0.885 bits per heavy atom. The van der Waals surface area contributed by atoms with Crippen LogP contribution >= 0.6 is 0 Å². The average molecular weight is 365 g/mol. The molecule has 1 heterocycles. The molecule has 4 rings (SSSR count). The molecule has 0 spiro atoms. The highest BCUT2D eigenvalue weighted by molar-refractivity contribution is 7.83. The van der Waals surface area contributed by atoms with E-state index in [0.29, 0.717) is 5.75 Å². The van der Waals surface area contributed by atoms with Crippen molar-refractivity contribution in [1.82, 2.24) is 4.72 Å². The Morgan fingerprint density at radius 3 is 2.38 bits per heavy atom. The molecular weight excluding hydrogens is 346 g/mol. The van der Waals surface area contributed by atoms with Gasteiger partial charge >= 0.3 is 0 Å². The molecule has 4 nitrogen and oxygen atoms in total. The zero-order chi connectivity index (χ0) is 17.9. The molecule has 3 aromatic rings. The molecule has 1 aliphatic rings. The maximum absolute atomic E-state index is 12.9. The lowest BCUT2D eigenvalue weighted by Crippen LogP contribution is -2.24. The largest absolute Gasteiger partial charge is 0.454 e. The van der Waals surface area contributed by atoms with Crippen LogP contribution in [0.5, 0.6) is 11.5 Å². The molecule has 1 aliphatic heterocycles. The summed E-state index contributed by atoms with van der Waals surface area (Å²) in [7, 11) is -1.34. The van der Waals surface area contributed by atoms with E-state index in [0.717, 1.165) is 27.3 Å². The zero-order valence-corrected chi connectivity index (χ0v) is 15.2. The van der Waals surface area contributed by atoms with Crippen molar-refractivity contribution in [3.63, 3.8) is 0 Å². The lowest BCUT2D eigenvalue weighted by atomic mass is 9.99. The number of fused-ring (bicyclic) bond motifs is 1. The van der Waals surface area contributed by atoms with Gasteiger partial charge in [-0.15, -0.1) is 0 Å². The summed E-state index contributed by atoms with van der Waals surface area (Å²) in [5.74, 6) is 1.45. The zero-order valence-electron chi connectivity index (χ0n) is 14.3. The quantitative estimate of drug-likeness (QED) is 0.740. The number of hydrogen-bond donors (Lipinski definition) is 1. The highest BCUT2D eigenvalue weighted by atomic mass is 32.2. The van der Waals surface area contributed by atoms with Gasteiger partial charge in [-0.3, -0.25) is 0 Å². The molecule has 0 radical (unpaired) electrons. The third kappa shape index (κ3) is 3.49. The van der Waals surface area contributed by atoms with Gasteiger partial charge in [0.15, 0.2) is 11.5 Å². The van der Waals surface area contributed by atoms with Crippen LogP contribution in [0.4, 0.5) is 0 Å². The predicted octanol–water partition coefficient (Wildman–Crippen LogP) is 4.13. The molecule has 26 heavy (non-hydrogen) atoms. The maximum Gasteiger partial charge on any atom is 0.231 e. The van der Waals surface area contributed by atoms with Gasteiger partial charge in [0.05, 0.1) is 10.9 Å². The van der Waals surface area contributed by atoms with Crippen molar-refractivity contribution in [2.24, 2.45) is 0 Å². The Labute approximate surface area is 155 Å². The Hall–Kier alpha value is -2.63. The summed E-state index contributed by atoms with van der Waals surface area (Å²) in [4.78, 5) is 0.747. The van der Waals surface area contributed by atoms with Gasteiger partial charge in [0, 0.05) is 0 Å². The topological polar surface area (TPSA) is 47.6 Å². The monoisotopic (exact) mass is 365 g/mol. The van der Waals surface area contributed by atoms with Crippen LogP contribution < -0.4 is 14.2 Å². The van der Waals surface area contributed by atoms with Gasteiger partial charge in [0.25, 0.3) is 0 Å². The third-order valence-corrected chi connectivity index (χ3v) is 5.47. The summed E-state index contributed by atoms with van der Waals surface area (Å²) >= 11 is 0. The number of benzene rings is 3. The SMILES string of the molecule is Cc1ccc(S(=O)N[C@H](c2ccccc2)c2ccc3c(c2)OCO3)cc1. The number of ether oxygens (including phenoxy) is 2. The lowest BCUT2D eigenvalue weighted by Gasteiger charge is -2.19. The number of aryl methyl sites for hydroxylation is 1. The number of hydrogen-bond acceptors (Lipinski definition) is 3. The van der Waals surface area contributed by atoms with Crippen LogP contribution in [0.25, 0.3) is 0 Å². The van der Waals surface area contributed by atoms with Crippen molar-refractivity contribution in [2.75, 3.05) is 6.79 Å². The predicted molar refractivity (Wildman–Crippen MR) is 102 cm³/mol. The first kappa shape index (κ1) is 16.8. The summed E-state index contributed by atoms with van der Waals surface area (Å²) in [6.07, 6.45) is 0. The van der Waals surface area contributed by atoms with Crippen molar-refractivity contribution < 1.29 is 13.7 Å². The molecule has 0 saturated carbocycles. The van der Waals surface area contributed by atoms with Gasteiger partial charge in [-0.05, 0) is 42.3 Å². The Balaban J connectivity index is 1.67. The number of rotatable bonds is 5. The standard InChI is InChI=1S/C21H19NO3S/c1-15-7-10-18(11-8-15)26(23)22-21(16-5-3-2-4-6-16)17-9-12-19-20(13-17)25-14-24-19/h2-13,21-22H,14H2,1H3/t21-,26?/m1/s1. The van der Waals surface area contributed by atoms with Crippen molar-refractivity contribution >= 4 is 11.0 Å². The highest BCUT2D eigenvalue weighted by Gasteiger charge is 2.21. The van der Waals surface area contributed by atoms with Crippen LogP contribution in [0.3, 0.4) is 0 Å². The summed E-state index contributed by atoms with van der Waals surface area (Å²) in [6, 6.07) is 23.3. The van der Waals surface area contributed by atoms with Crippen LogP contribution in [0.2, 0.25) is 0 Å². The highest BCUT2D eigenvalue weighted by Crippen LogP contribution is 2.36. The van der Waals surface area contributed by atoms with Gasteiger partial charge in [0.2, 0.25) is 6.79 Å². The van der Waals surface area contributed by atoms with Gasteiger partial charge in [-0.1, -0.05) is 54.1 Å². The molecule has 0 amide bonds. The molecule has 0 fully saturated rings. The van der Waals surface area contributed by atoms with E-state index < -0.39 is 11.0 Å². The van der Waals surface area contributed by atoms with E-state index in [-0.39, 0.29) is 12.8 Å². The number of nitrogens with one attached hydrogen (secondary N) is 1. The van der Waals surface area contributed by atoms with E-state index in [1.54, 1.807) is 0 Å². The first-order valence-electron chi connectivity index (χ1n) is 8.40. The van der Waals surface area contributed by atoms with Gasteiger partial charge < -0.3 is 9.47 Å². The van der Waals surface area contributed by atoms with Crippen LogP contribution in [0.1, 0.15) is 22.7 Å². The van der Waals surface area contributed by atoms with Gasteiger partial charge in [-0.2, -0.15) is 0 Å². The molecule has 5 heteroatoms. The van der Waals surface area contributed by atoms with E-state index in [1.165, 1.54) is 0 Å². The second-order valence-electron chi connectivity index (χ2n) is 6.16. The third-order valence-electron chi connectivity index (χ3n) is 4.32. The van der Waals surface area contributed by atoms with Gasteiger partial charge in [0.1, 0.15) is 11.0 Å². The van der Waals surface area contributed by atoms with Crippen molar-refractivity contribution in [3.8, 4) is 11.5 Å². The molecule has 0 aromatic heterocycles. The molecule has 3 aromatic carbocycles. The van der Waals surface area contributed by atoms with E-state index in [9.17, 15) is 4.21 Å². The Bertz CT molecular complexity index is 926. The van der Waals surface area contributed by atoms with Crippen molar-refractivity contribution in [3.05, 3.63) is 89.5 Å².